The van der Waals surface area contributed by atoms with Gasteiger partial charge in [-0.2, -0.15) is 5.26 Å². The maximum atomic E-state index is 16.1. The molecule has 5 nitrogen and oxygen atoms in total. The van der Waals surface area contributed by atoms with Gasteiger partial charge in [0.1, 0.15) is 11.9 Å². The van der Waals surface area contributed by atoms with Gasteiger partial charge in [0, 0.05) is 24.6 Å². The van der Waals surface area contributed by atoms with Crippen LogP contribution >= 0.6 is 0 Å². The molecule has 3 unspecified atom stereocenters. The van der Waals surface area contributed by atoms with Crippen molar-refractivity contribution in [3.05, 3.63) is 64.7 Å². The first-order chi connectivity index (χ1) is 21.3. The van der Waals surface area contributed by atoms with Gasteiger partial charge in [0.2, 0.25) is 0 Å². The molecule has 0 spiro atoms. The molecule has 238 valence electrons. The molecule has 1 amide bonds. The molecule has 2 N–H and O–H groups in total. The van der Waals surface area contributed by atoms with Crippen LogP contribution in [0.4, 0.5) is 4.39 Å². The quantitative estimate of drug-likeness (QED) is 0.226. The molecule has 0 radical (unpaired) electrons. The Balaban J connectivity index is 1.27. The number of phenols is 1. The number of rotatable bonds is 13. The second kappa shape index (κ2) is 14.5. The molecule has 3 aliphatic rings. The number of halogens is 1. The SMILES string of the molecule is CCCCCCCCN(CCCC[C@@H]1Cc2cc(O)ccc2C2C1C1CC[C@H](O)[C@@]1(C)C[C@@H]2F)C(=O)c1ccc(C#N)cc1. The second-order valence-electron chi connectivity index (χ2n) is 14.1. The van der Waals surface area contributed by atoms with E-state index in [0.717, 1.165) is 69.0 Å². The number of unbranched alkanes of at least 4 members (excludes halogenated alkanes) is 6. The molecule has 2 aromatic carbocycles. The first-order valence-corrected chi connectivity index (χ1v) is 17.2. The second-order valence-corrected chi connectivity index (χ2v) is 14.1. The number of nitriles is 1. The predicted octanol–water partition coefficient (Wildman–Crippen LogP) is 8.33. The number of carbonyl (C=O) groups is 1. The Morgan fingerprint density at radius 2 is 1.73 bits per heavy atom. The van der Waals surface area contributed by atoms with E-state index in [9.17, 15) is 20.3 Å². The van der Waals surface area contributed by atoms with Crippen molar-refractivity contribution in [3.8, 4) is 11.8 Å². The minimum Gasteiger partial charge on any atom is -0.508 e. The van der Waals surface area contributed by atoms with Gasteiger partial charge in [-0.3, -0.25) is 4.79 Å². The third-order valence-corrected chi connectivity index (χ3v) is 11.4. The van der Waals surface area contributed by atoms with Crippen LogP contribution in [0.25, 0.3) is 0 Å². The molecule has 6 heteroatoms. The van der Waals surface area contributed by atoms with Gasteiger partial charge in [-0.25, -0.2) is 4.39 Å². The highest BCUT2D eigenvalue weighted by atomic mass is 19.1. The van der Waals surface area contributed by atoms with E-state index in [1.165, 1.54) is 25.7 Å². The van der Waals surface area contributed by atoms with Crippen LogP contribution in [-0.4, -0.2) is 46.4 Å². The van der Waals surface area contributed by atoms with Crippen molar-refractivity contribution in [2.24, 2.45) is 23.2 Å². The lowest BCUT2D eigenvalue weighted by Crippen LogP contribution is -2.51. The molecule has 2 saturated carbocycles. The standard InChI is InChI=1S/C38H51FN2O3/c1-3-4-5-6-7-9-20-41(37(44)27-14-12-26(25-40)13-15-27)21-10-8-11-28-22-29-23-30(42)16-17-31(29)36-33(39)24-38(2)32(35(28)36)18-19-34(38)43/h12-17,23,28,32-36,42-43H,3-11,18-22,24H2,1-2H3/t28-,32?,33+,34+,35?,36?,38+/m1/s1. The summed E-state index contributed by atoms with van der Waals surface area (Å²) in [6, 6.07) is 14.5. The molecule has 5 rings (SSSR count). The number of nitrogens with zero attached hydrogens (tertiary/aromatic N) is 2. The average Bonchev–Trinajstić information content (AvgIpc) is 3.32. The molecule has 2 aromatic rings. The van der Waals surface area contributed by atoms with Crippen LogP contribution in [-0.2, 0) is 6.42 Å². The first-order valence-electron chi connectivity index (χ1n) is 17.2. The van der Waals surface area contributed by atoms with Crippen molar-refractivity contribution in [2.45, 2.75) is 116 Å². The van der Waals surface area contributed by atoms with Crippen LogP contribution in [0, 0.1) is 34.5 Å². The maximum Gasteiger partial charge on any atom is 0.253 e. The van der Waals surface area contributed by atoms with E-state index in [1.807, 2.05) is 17.0 Å². The van der Waals surface area contributed by atoms with Gasteiger partial charge in [-0.05, 0) is 116 Å². The normalized spacial score (nSPS) is 28.9. The highest BCUT2D eigenvalue weighted by Crippen LogP contribution is 2.63. The lowest BCUT2D eigenvalue weighted by atomic mass is 9.51. The summed E-state index contributed by atoms with van der Waals surface area (Å²) >= 11 is 0. The van der Waals surface area contributed by atoms with Crippen LogP contribution < -0.4 is 0 Å². The monoisotopic (exact) mass is 602 g/mol. The fourth-order valence-corrected chi connectivity index (χ4v) is 9.01. The number of carbonyl (C=O) groups excluding carboxylic acids is 1. The summed E-state index contributed by atoms with van der Waals surface area (Å²) in [4.78, 5) is 15.5. The van der Waals surface area contributed by atoms with E-state index >= 15 is 4.39 Å². The summed E-state index contributed by atoms with van der Waals surface area (Å²) in [5.41, 5.74) is 2.92. The fourth-order valence-electron chi connectivity index (χ4n) is 9.01. The van der Waals surface area contributed by atoms with E-state index in [-0.39, 0.29) is 34.8 Å². The minimum atomic E-state index is -1.00. The van der Waals surface area contributed by atoms with Crippen LogP contribution in [0.1, 0.15) is 124 Å². The molecule has 0 saturated heterocycles. The third kappa shape index (κ3) is 6.84. The van der Waals surface area contributed by atoms with Crippen molar-refractivity contribution in [2.75, 3.05) is 13.1 Å². The van der Waals surface area contributed by atoms with Crippen molar-refractivity contribution in [1.29, 1.82) is 5.26 Å². The van der Waals surface area contributed by atoms with Crippen LogP contribution in [0.2, 0.25) is 0 Å². The summed E-state index contributed by atoms with van der Waals surface area (Å²) in [5.74, 6) is 0.827. The van der Waals surface area contributed by atoms with Crippen LogP contribution in [0.5, 0.6) is 5.75 Å². The highest BCUT2D eigenvalue weighted by Gasteiger charge is 2.59. The van der Waals surface area contributed by atoms with Crippen molar-refractivity contribution in [3.63, 3.8) is 0 Å². The Morgan fingerprint density at radius 3 is 2.45 bits per heavy atom. The third-order valence-electron chi connectivity index (χ3n) is 11.4. The number of aromatic hydroxyl groups is 1. The number of hydrogen-bond donors (Lipinski definition) is 2. The number of phenolic OH excluding ortho intramolecular Hbond substituents is 1. The fraction of sp³-hybridized carbons (Fsp3) is 0.632. The molecule has 0 aromatic heterocycles. The van der Waals surface area contributed by atoms with Gasteiger partial charge in [0.25, 0.3) is 5.91 Å². The zero-order valence-electron chi connectivity index (χ0n) is 26.7. The Bertz CT molecular complexity index is 1310. The van der Waals surface area contributed by atoms with E-state index < -0.39 is 12.3 Å². The Kier molecular flexibility index (Phi) is 10.7. The number of benzene rings is 2. The Morgan fingerprint density at radius 1 is 1.02 bits per heavy atom. The molecular formula is C38H51FN2O3. The number of aliphatic hydroxyl groups is 1. The lowest BCUT2D eigenvalue weighted by molar-refractivity contribution is -0.0722. The van der Waals surface area contributed by atoms with Crippen LogP contribution in [0.3, 0.4) is 0 Å². The van der Waals surface area contributed by atoms with Gasteiger partial charge in [-0.1, -0.05) is 58.4 Å². The molecule has 0 bridgehead atoms. The summed E-state index contributed by atoms with van der Waals surface area (Å²) in [7, 11) is 0. The molecular weight excluding hydrogens is 551 g/mol. The van der Waals surface area contributed by atoms with Crippen molar-refractivity contribution >= 4 is 5.91 Å². The topological polar surface area (TPSA) is 84.6 Å². The van der Waals surface area contributed by atoms with Crippen molar-refractivity contribution < 1.29 is 19.4 Å². The lowest BCUT2D eigenvalue weighted by Gasteiger charge is -2.54. The molecule has 44 heavy (non-hydrogen) atoms. The Labute approximate surface area is 263 Å². The van der Waals surface area contributed by atoms with Gasteiger partial charge in [0.05, 0.1) is 17.7 Å². The molecule has 0 heterocycles. The number of alkyl halides is 1. The van der Waals surface area contributed by atoms with Crippen LogP contribution in [0.15, 0.2) is 42.5 Å². The van der Waals surface area contributed by atoms with Gasteiger partial charge < -0.3 is 15.1 Å². The molecule has 2 fully saturated rings. The average molecular weight is 603 g/mol. The number of aliphatic hydroxyl groups excluding tert-OH is 1. The molecule has 7 atom stereocenters. The van der Waals surface area contributed by atoms with E-state index in [0.29, 0.717) is 30.0 Å². The number of amides is 1. The largest absolute Gasteiger partial charge is 0.508 e. The summed E-state index contributed by atoms with van der Waals surface area (Å²) < 4.78 is 16.1. The zero-order chi connectivity index (χ0) is 31.3. The highest BCUT2D eigenvalue weighted by molar-refractivity contribution is 5.94. The first kappa shape index (κ1) is 32.5. The van der Waals surface area contributed by atoms with Gasteiger partial charge >= 0.3 is 0 Å². The summed E-state index contributed by atoms with van der Waals surface area (Å²) in [5, 5.41) is 30.4. The summed E-state index contributed by atoms with van der Waals surface area (Å²) in [6.45, 7) is 5.73. The van der Waals surface area contributed by atoms with Gasteiger partial charge in [-0.15, -0.1) is 0 Å². The van der Waals surface area contributed by atoms with E-state index in [2.05, 4.69) is 19.9 Å². The molecule has 0 aliphatic heterocycles. The zero-order valence-corrected chi connectivity index (χ0v) is 26.7. The molecule has 3 aliphatic carbocycles. The summed E-state index contributed by atoms with van der Waals surface area (Å²) in [6.07, 6.45) is 11.2. The number of fused-ring (bicyclic) bond motifs is 5. The maximum absolute atomic E-state index is 16.1. The van der Waals surface area contributed by atoms with E-state index in [4.69, 9.17) is 0 Å². The van der Waals surface area contributed by atoms with Gasteiger partial charge in [0.15, 0.2) is 0 Å². The minimum absolute atomic E-state index is 0.0217. The number of hydrogen-bond acceptors (Lipinski definition) is 4. The Hall–Kier alpha value is -2.91. The van der Waals surface area contributed by atoms with E-state index in [1.54, 1.807) is 30.3 Å². The predicted molar refractivity (Wildman–Crippen MR) is 172 cm³/mol. The smallest absolute Gasteiger partial charge is 0.253 e. The van der Waals surface area contributed by atoms with Crippen molar-refractivity contribution in [1.82, 2.24) is 4.90 Å².